The van der Waals surface area contributed by atoms with Gasteiger partial charge in [0.15, 0.2) is 5.96 Å². The summed E-state index contributed by atoms with van der Waals surface area (Å²) in [5, 5.41) is 3.50. The van der Waals surface area contributed by atoms with E-state index in [2.05, 4.69) is 65.1 Å². The van der Waals surface area contributed by atoms with Crippen molar-refractivity contribution in [2.45, 2.75) is 26.9 Å². The number of nitrogens with one attached hydrogen (secondary N) is 1. The van der Waals surface area contributed by atoms with Crippen molar-refractivity contribution in [2.75, 3.05) is 52.9 Å². The van der Waals surface area contributed by atoms with Crippen LogP contribution in [0, 0.1) is 6.92 Å². The lowest BCUT2D eigenvalue weighted by Crippen LogP contribution is -2.49. The zero-order chi connectivity index (χ0) is 17.4. The molecule has 1 saturated heterocycles. The smallest absolute Gasteiger partial charge is 0.193 e. The highest BCUT2D eigenvalue weighted by atomic mass is 127. The first-order chi connectivity index (χ1) is 11.7. The third kappa shape index (κ3) is 6.42. The van der Waals surface area contributed by atoms with E-state index in [0.29, 0.717) is 0 Å². The van der Waals surface area contributed by atoms with Crippen molar-refractivity contribution in [3.63, 3.8) is 0 Å². The second-order valence-corrected chi connectivity index (χ2v) is 6.16. The monoisotopic (exact) mass is 460 g/mol. The molecular weight excluding hydrogens is 427 g/mol. The number of aliphatic imine (C=N–C) groups is 1. The maximum Gasteiger partial charge on any atom is 0.193 e. The number of halogens is 1. The number of hydrogen-bond donors (Lipinski definition) is 1. The molecule has 0 saturated carbocycles. The molecule has 1 fully saturated rings. The van der Waals surface area contributed by atoms with E-state index in [1.807, 2.05) is 7.05 Å². The summed E-state index contributed by atoms with van der Waals surface area (Å²) < 4.78 is 6.01. The largest absolute Gasteiger partial charge is 0.370 e. The molecule has 142 valence electrons. The molecule has 2 rings (SSSR count). The van der Waals surface area contributed by atoms with Crippen LogP contribution in [0.5, 0.6) is 0 Å². The molecule has 0 aromatic heterocycles. The summed E-state index contributed by atoms with van der Waals surface area (Å²) in [4.78, 5) is 9.19. The summed E-state index contributed by atoms with van der Waals surface area (Å²) in [7, 11) is 1.86. The van der Waals surface area contributed by atoms with Gasteiger partial charge in [-0.05, 0) is 31.1 Å². The SMILES string of the molecule is CCN(CC)CCNC(=NC)N1CCOC(c2ccccc2C)C1.I. The van der Waals surface area contributed by atoms with Gasteiger partial charge >= 0.3 is 0 Å². The van der Waals surface area contributed by atoms with Crippen LogP contribution in [0.25, 0.3) is 0 Å². The van der Waals surface area contributed by atoms with Crippen molar-refractivity contribution in [3.8, 4) is 0 Å². The molecule has 0 aliphatic carbocycles. The zero-order valence-electron chi connectivity index (χ0n) is 16.0. The Morgan fingerprint density at radius 2 is 2.04 bits per heavy atom. The summed E-state index contributed by atoms with van der Waals surface area (Å²) in [6, 6.07) is 8.48. The number of likely N-dealkylation sites (N-methyl/N-ethyl adjacent to an activating group) is 1. The first-order valence-electron chi connectivity index (χ1n) is 9.04. The molecule has 1 aliphatic heterocycles. The van der Waals surface area contributed by atoms with Crippen LogP contribution in [0.4, 0.5) is 0 Å². The van der Waals surface area contributed by atoms with Crippen LogP contribution in [0.1, 0.15) is 31.1 Å². The predicted molar refractivity (Wildman–Crippen MR) is 116 cm³/mol. The minimum atomic E-state index is 0. The molecule has 25 heavy (non-hydrogen) atoms. The molecule has 1 unspecified atom stereocenters. The zero-order valence-corrected chi connectivity index (χ0v) is 18.3. The van der Waals surface area contributed by atoms with Gasteiger partial charge < -0.3 is 19.9 Å². The topological polar surface area (TPSA) is 40.1 Å². The van der Waals surface area contributed by atoms with Gasteiger partial charge in [-0.2, -0.15) is 0 Å². The molecule has 1 aromatic carbocycles. The lowest BCUT2D eigenvalue weighted by Gasteiger charge is -2.36. The molecule has 5 nitrogen and oxygen atoms in total. The number of morpholine rings is 1. The Morgan fingerprint density at radius 3 is 2.68 bits per heavy atom. The fraction of sp³-hybridized carbons (Fsp3) is 0.632. The van der Waals surface area contributed by atoms with Gasteiger partial charge in [0.1, 0.15) is 6.10 Å². The average Bonchev–Trinajstić information content (AvgIpc) is 2.62. The molecule has 1 aliphatic rings. The minimum Gasteiger partial charge on any atom is -0.370 e. The number of rotatable bonds is 6. The van der Waals surface area contributed by atoms with E-state index < -0.39 is 0 Å². The van der Waals surface area contributed by atoms with Crippen molar-refractivity contribution >= 4 is 29.9 Å². The normalized spacial score (nSPS) is 18.2. The summed E-state index contributed by atoms with van der Waals surface area (Å²) in [5.41, 5.74) is 2.56. The van der Waals surface area contributed by atoms with Crippen LogP contribution in [0.3, 0.4) is 0 Å². The van der Waals surface area contributed by atoms with E-state index in [9.17, 15) is 0 Å². The van der Waals surface area contributed by atoms with E-state index in [1.165, 1.54) is 11.1 Å². The van der Waals surface area contributed by atoms with Crippen molar-refractivity contribution in [1.29, 1.82) is 0 Å². The molecule has 1 N–H and O–H groups in total. The highest BCUT2D eigenvalue weighted by Crippen LogP contribution is 2.24. The first-order valence-corrected chi connectivity index (χ1v) is 9.04. The van der Waals surface area contributed by atoms with E-state index in [1.54, 1.807) is 0 Å². The Balaban J connectivity index is 0.00000312. The number of ether oxygens (including phenoxy) is 1. The third-order valence-electron chi connectivity index (χ3n) is 4.72. The highest BCUT2D eigenvalue weighted by Gasteiger charge is 2.24. The number of benzene rings is 1. The molecule has 6 heteroatoms. The summed E-state index contributed by atoms with van der Waals surface area (Å²) in [6.07, 6.45) is 0.112. The maximum absolute atomic E-state index is 6.01. The van der Waals surface area contributed by atoms with E-state index in [4.69, 9.17) is 4.74 Å². The van der Waals surface area contributed by atoms with E-state index in [-0.39, 0.29) is 30.1 Å². The Bertz CT molecular complexity index is 534. The van der Waals surface area contributed by atoms with Gasteiger partial charge in [-0.15, -0.1) is 24.0 Å². The number of guanidine groups is 1. The van der Waals surface area contributed by atoms with Gasteiger partial charge in [-0.25, -0.2) is 0 Å². The number of nitrogens with zero attached hydrogens (tertiary/aromatic N) is 3. The molecule has 0 bridgehead atoms. The number of aryl methyl sites for hydroxylation is 1. The third-order valence-corrected chi connectivity index (χ3v) is 4.72. The van der Waals surface area contributed by atoms with Gasteiger partial charge in [-0.3, -0.25) is 4.99 Å². The van der Waals surface area contributed by atoms with Crippen LogP contribution in [-0.4, -0.2) is 68.7 Å². The van der Waals surface area contributed by atoms with Gasteiger partial charge in [-0.1, -0.05) is 38.1 Å². The molecule has 1 heterocycles. The fourth-order valence-electron chi connectivity index (χ4n) is 3.18. The van der Waals surface area contributed by atoms with Crippen LogP contribution in [0.2, 0.25) is 0 Å². The fourth-order valence-corrected chi connectivity index (χ4v) is 3.18. The quantitative estimate of drug-likeness (QED) is 0.403. The Kier molecular flexibility index (Phi) is 10.4. The summed E-state index contributed by atoms with van der Waals surface area (Å²) >= 11 is 0. The molecule has 1 atom stereocenters. The maximum atomic E-state index is 6.01. The number of hydrogen-bond acceptors (Lipinski definition) is 3. The molecule has 0 radical (unpaired) electrons. The van der Waals surface area contributed by atoms with Crippen molar-refractivity contribution < 1.29 is 4.74 Å². The minimum absolute atomic E-state index is 0. The van der Waals surface area contributed by atoms with Gasteiger partial charge in [0, 0.05) is 26.7 Å². The molecular formula is C19H33IN4O. The van der Waals surface area contributed by atoms with Crippen LogP contribution < -0.4 is 5.32 Å². The average molecular weight is 460 g/mol. The summed E-state index contributed by atoms with van der Waals surface area (Å²) in [5.74, 6) is 0.976. The highest BCUT2D eigenvalue weighted by molar-refractivity contribution is 14.0. The van der Waals surface area contributed by atoms with Gasteiger partial charge in [0.25, 0.3) is 0 Å². The molecule has 0 amide bonds. The summed E-state index contributed by atoms with van der Waals surface area (Å²) in [6.45, 7) is 13.1. The Labute approximate surface area is 169 Å². The second kappa shape index (κ2) is 11.7. The van der Waals surface area contributed by atoms with Crippen molar-refractivity contribution in [1.82, 2.24) is 15.1 Å². The molecule has 1 aromatic rings. The Morgan fingerprint density at radius 1 is 1.32 bits per heavy atom. The molecule has 0 spiro atoms. The van der Waals surface area contributed by atoms with Crippen LogP contribution in [0.15, 0.2) is 29.3 Å². The van der Waals surface area contributed by atoms with Crippen molar-refractivity contribution in [3.05, 3.63) is 35.4 Å². The van der Waals surface area contributed by atoms with E-state index >= 15 is 0 Å². The Hall–Kier alpha value is -0.860. The van der Waals surface area contributed by atoms with Gasteiger partial charge in [0.05, 0.1) is 13.2 Å². The predicted octanol–water partition coefficient (Wildman–Crippen LogP) is 2.90. The first kappa shape index (κ1) is 22.2. The van der Waals surface area contributed by atoms with Crippen LogP contribution in [-0.2, 0) is 4.74 Å². The van der Waals surface area contributed by atoms with Gasteiger partial charge in [0.2, 0.25) is 0 Å². The lowest BCUT2D eigenvalue weighted by atomic mass is 10.0. The van der Waals surface area contributed by atoms with Crippen LogP contribution >= 0.6 is 24.0 Å². The van der Waals surface area contributed by atoms with E-state index in [0.717, 1.165) is 51.8 Å². The lowest BCUT2D eigenvalue weighted by molar-refractivity contribution is -0.00833. The second-order valence-electron chi connectivity index (χ2n) is 6.16. The standard InChI is InChI=1S/C19H32N4O.HI/c1-5-22(6-2)12-11-21-19(20-4)23-13-14-24-18(15-23)17-10-8-7-9-16(17)3;/h7-10,18H,5-6,11-15H2,1-4H3,(H,20,21);1H. The van der Waals surface area contributed by atoms with Crippen molar-refractivity contribution in [2.24, 2.45) is 4.99 Å².